The predicted molar refractivity (Wildman–Crippen MR) is 138 cm³/mol. The first-order valence-electron chi connectivity index (χ1n) is 10.9. The van der Waals surface area contributed by atoms with Crippen LogP contribution >= 0.6 is 22.9 Å². The van der Waals surface area contributed by atoms with Gasteiger partial charge in [-0.1, -0.05) is 29.8 Å². The molecule has 1 amide bonds. The van der Waals surface area contributed by atoms with E-state index >= 15 is 0 Å². The van der Waals surface area contributed by atoms with Gasteiger partial charge < -0.3 is 16.0 Å². The lowest BCUT2D eigenvalue weighted by molar-refractivity contribution is -0.156. The smallest absolute Gasteiger partial charge is 0.339 e. The molecule has 0 unspecified atom stereocenters. The Labute approximate surface area is 218 Å². The highest BCUT2D eigenvalue weighted by Gasteiger charge is 2.25. The molecule has 1 aliphatic rings. The van der Waals surface area contributed by atoms with Crippen LogP contribution in [0.3, 0.4) is 0 Å². The Kier molecular flexibility index (Phi) is 8.04. The van der Waals surface area contributed by atoms with E-state index in [2.05, 4.69) is 38.1 Å². The second-order valence-corrected chi connectivity index (χ2v) is 9.16. The Bertz CT molecular complexity index is 1410. The third kappa shape index (κ3) is 7.28. The SMILES string of the molecule is O=C(Nc1ccc2cc1CCc1cccc(c1)Nc1ncc(Cl)c(n1)N2)c1cccs1.O=CC(F)(F)F. The van der Waals surface area contributed by atoms with Crippen LogP contribution in [0.1, 0.15) is 20.8 Å². The van der Waals surface area contributed by atoms with Crippen molar-refractivity contribution in [1.29, 1.82) is 0 Å². The first-order chi connectivity index (χ1) is 17.7. The molecule has 4 aromatic rings. The maximum absolute atomic E-state index is 12.6. The summed E-state index contributed by atoms with van der Waals surface area (Å²) >= 11 is 7.74. The number of halogens is 4. The maximum atomic E-state index is 12.6. The molecule has 0 aliphatic carbocycles. The number of aryl methyl sites for hydroxylation is 2. The molecular formula is C25H19ClF3N5O2S. The number of benzene rings is 2. The largest absolute Gasteiger partial charge is 0.446 e. The minimum absolute atomic E-state index is 0.107. The van der Waals surface area contributed by atoms with Gasteiger partial charge in [0.05, 0.1) is 11.1 Å². The Hall–Kier alpha value is -3.96. The Morgan fingerprint density at radius 2 is 1.84 bits per heavy atom. The molecule has 0 saturated heterocycles. The molecule has 12 heteroatoms. The second-order valence-electron chi connectivity index (χ2n) is 7.80. The summed E-state index contributed by atoms with van der Waals surface area (Å²) < 4.78 is 31.2. The van der Waals surface area contributed by atoms with Crippen LogP contribution in [0, 0.1) is 0 Å². The molecule has 6 bridgehead atoms. The van der Waals surface area contributed by atoms with E-state index < -0.39 is 12.5 Å². The van der Waals surface area contributed by atoms with E-state index in [0.717, 1.165) is 35.5 Å². The minimum atomic E-state index is -4.64. The minimum Gasteiger partial charge on any atom is -0.339 e. The number of thiophene rings is 1. The van der Waals surface area contributed by atoms with Crippen molar-refractivity contribution in [3.8, 4) is 0 Å². The van der Waals surface area contributed by atoms with Crippen molar-refractivity contribution < 1.29 is 22.8 Å². The average molecular weight is 546 g/mol. The monoisotopic (exact) mass is 545 g/mol. The molecule has 5 rings (SSSR count). The standard InChI is InChI=1S/C23H18ClN5OS.C2HF3O/c24-18-13-25-23-27-16-4-1-3-14(11-16)6-7-15-12-17(26-21(18)29-23)8-9-19(15)28-22(30)20-5-2-10-31-20;3-2(4,5)1-6/h1-5,8-13H,6-7H2,(H,28,30)(H2,25,26,27,29);1H. The molecule has 2 aromatic heterocycles. The molecule has 190 valence electrons. The van der Waals surface area contributed by atoms with Crippen molar-refractivity contribution in [1.82, 2.24) is 9.97 Å². The van der Waals surface area contributed by atoms with Gasteiger partial charge in [0.2, 0.25) is 12.2 Å². The fraction of sp³-hybridized carbons (Fsp3) is 0.120. The molecule has 3 heterocycles. The molecule has 3 N–H and O–H groups in total. The van der Waals surface area contributed by atoms with Crippen LogP contribution < -0.4 is 16.0 Å². The summed E-state index contributed by atoms with van der Waals surface area (Å²) in [6.45, 7) is 0. The fourth-order valence-electron chi connectivity index (χ4n) is 3.46. The number of hydrogen-bond donors (Lipinski definition) is 3. The maximum Gasteiger partial charge on any atom is 0.446 e. The number of nitrogens with one attached hydrogen (secondary N) is 3. The number of aromatic nitrogens is 2. The van der Waals surface area contributed by atoms with Gasteiger partial charge in [-0.25, -0.2) is 4.98 Å². The van der Waals surface area contributed by atoms with E-state index in [9.17, 15) is 18.0 Å². The normalized spacial score (nSPS) is 12.2. The lowest BCUT2D eigenvalue weighted by Crippen LogP contribution is -2.12. The molecule has 0 atom stereocenters. The first-order valence-corrected chi connectivity index (χ1v) is 12.1. The molecule has 7 nitrogen and oxygen atoms in total. The molecule has 0 fully saturated rings. The van der Waals surface area contributed by atoms with Crippen LogP contribution in [0.25, 0.3) is 0 Å². The van der Waals surface area contributed by atoms with Crippen LogP contribution in [-0.2, 0) is 17.6 Å². The van der Waals surface area contributed by atoms with Gasteiger partial charge >= 0.3 is 6.18 Å². The van der Waals surface area contributed by atoms with E-state index in [-0.39, 0.29) is 5.91 Å². The highest BCUT2D eigenvalue weighted by molar-refractivity contribution is 7.12. The molecule has 2 aromatic carbocycles. The number of anilines is 5. The number of fused-ring (bicyclic) bond motifs is 6. The molecule has 0 saturated carbocycles. The van der Waals surface area contributed by atoms with Gasteiger partial charge in [0.15, 0.2) is 5.82 Å². The lowest BCUT2D eigenvalue weighted by atomic mass is 10.0. The number of rotatable bonds is 2. The zero-order valence-corrected chi connectivity index (χ0v) is 20.5. The van der Waals surface area contributed by atoms with Gasteiger partial charge in [0.25, 0.3) is 5.91 Å². The van der Waals surface area contributed by atoms with Crippen molar-refractivity contribution >= 4 is 64.0 Å². The summed E-state index contributed by atoms with van der Waals surface area (Å²) in [6.07, 6.45) is -2.55. The first kappa shape index (κ1) is 26.1. The van der Waals surface area contributed by atoms with Gasteiger partial charge in [-0.3, -0.25) is 9.59 Å². The van der Waals surface area contributed by atoms with Gasteiger partial charge in [-0.05, 0) is 65.7 Å². The summed E-state index contributed by atoms with van der Waals surface area (Å²) in [5.74, 6) is 0.865. The Morgan fingerprint density at radius 3 is 2.57 bits per heavy atom. The third-order valence-electron chi connectivity index (χ3n) is 5.11. The van der Waals surface area contributed by atoms with Crippen LogP contribution in [0.5, 0.6) is 0 Å². The number of hydrogen-bond acceptors (Lipinski definition) is 7. The topological polar surface area (TPSA) is 96.0 Å². The zero-order valence-electron chi connectivity index (χ0n) is 19.0. The third-order valence-corrected chi connectivity index (χ3v) is 6.25. The summed E-state index contributed by atoms with van der Waals surface area (Å²) in [6, 6.07) is 17.7. The molecule has 0 spiro atoms. The van der Waals surface area contributed by atoms with Crippen molar-refractivity contribution in [3.05, 3.63) is 87.2 Å². The number of alkyl halides is 3. The summed E-state index contributed by atoms with van der Waals surface area (Å²) in [5.41, 5.74) is 4.73. The summed E-state index contributed by atoms with van der Waals surface area (Å²) in [4.78, 5) is 30.8. The number of aldehydes is 1. The summed E-state index contributed by atoms with van der Waals surface area (Å²) in [5, 5.41) is 11.9. The summed E-state index contributed by atoms with van der Waals surface area (Å²) in [7, 11) is 0. The van der Waals surface area contributed by atoms with Crippen LogP contribution in [0.4, 0.5) is 42.0 Å². The van der Waals surface area contributed by atoms with Crippen molar-refractivity contribution in [3.63, 3.8) is 0 Å². The molecule has 1 aliphatic heterocycles. The molecular weight excluding hydrogens is 527 g/mol. The van der Waals surface area contributed by atoms with Gasteiger partial charge in [0, 0.05) is 17.1 Å². The number of nitrogens with zero attached hydrogens (tertiary/aromatic N) is 2. The number of carbonyl (C=O) groups is 2. The predicted octanol–water partition coefficient (Wildman–Crippen LogP) is 6.78. The van der Waals surface area contributed by atoms with Crippen molar-refractivity contribution in [2.45, 2.75) is 19.0 Å². The van der Waals surface area contributed by atoms with Crippen molar-refractivity contribution in [2.75, 3.05) is 16.0 Å². The quantitative estimate of drug-likeness (QED) is 0.240. The number of amides is 1. The van der Waals surface area contributed by atoms with E-state index in [1.807, 2.05) is 47.8 Å². The fourth-order valence-corrected chi connectivity index (χ4v) is 4.21. The van der Waals surface area contributed by atoms with E-state index in [0.29, 0.717) is 21.7 Å². The van der Waals surface area contributed by atoms with Crippen LogP contribution in [0.15, 0.2) is 66.2 Å². The molecule has 37 heavy (non-hydrogen) atoms. The average Bonchev–Trinajstić information content (AvgIpc) is 3.41. The molecule has 0 radical (unpaired) electrons. The van der Waals surface area contributed by atoms with E-state index in [1.165, 1.54) is 16.9 Å². The zero-order chi connectivity index (χ0) is 26.4. The number of carbonyl (C=O) groups excluding carboxylic acids is 2. The van der Waals surface area contributed by atoms with Gasteiger partial charge in [-0.15, -0.1) is 11.3 Å². The Balaban J connectivity index is 0.000000480. The highest BCUT2D eigenvalue weighted by atomic mass is 35.5. The highest BCUT2D eigenvalue weighted by Crippen LogP contribution is 2.30. The van der Waals surface area contributed by atoms with Gasteiger partial charge in [-0.2, -0.15) is 18.2 Å². The van der Waals surface area contributed by atoms with Crippen LogP contribution in [-0.4, -0.2) is 28.3 Å². The van der Waals surface area contributed by atoms with Crippen molar-refractivity contribution in [2.24, 2.45) is 0 Å². The van der Waals surface area contributed by atoms with Gasteiger partial charge in [0.1, 0.15) is 5.02 Å². The van der Waals surface area contributed by atoms with E-state index in [1.54, 1.807) is 6.20 Å². The second kappa shape index (κ2) is 11.4. The van der Waals surface area contributed by atoms with Crippen LogP contribution in [0.2, 0.25) is 5.02 Å². The Morgan fingerprint density at radius 1 is 1.05 bits per heavy atom. The van der Waals surface area contributed by atoms with E-state index in [4.69, 9.17) is 16.4 Å². The lowest BCUT2D eigenvalue weighted by Gasteiger charge is -2.14.